The van der Waals surface area contributed by atoms with Crippen molar-refractivity contribution in [2.75, 3.05) is 38.5 Å². The molecule has 1 aromatic carbocycles. The molecule has 0 aromatic heterocycles. The number of rotatable bonds is 7. The summed E-state index contributed by atoms with van der Waals surface area (Å²) < 4.78 is 39.9. The molecule has 2 rings (SSSR count). The van der Waals surface area contributed by atoms with Crippen molar-refractivity contribution in [2.24, 2.45) is 0 Å². The molecule has 27 heavy (non-hydrogen) atoms. The first-order valence-electron chi connectivity index (χ1n) is 8.78. The molecule has 2 N–H and O–H groups in total. The SMILES string of the molecule is CC(C)c1ccc(SCC(=O)NCC(N2CCNCC2)C(F)(F)F)cc1.Cl. The Morgan fingerprint density at radius 3 is 2.33 bits per heavy atom. The molecular formula is C18H27ClF3N3OS. The minimum absolute atomic E-state index is 0. The predicted octanol–water partition coefficient (Wildman–Crippen LogP) is 3.28. The topological polar surface area (TPSA) is 44.4 Å². The van der Waals surface area contributed by atoms with E-state index < -0.39 is 18.8 Å². The lowest BCUT2D eigenvalue weighted by Gasteiger charge is -2.35. The van der Waals surface area contributed by atoms with Crippen LogP contribution in [0.15, 0.2) is 29.2 Å². The normalized spacial score (nSPS) is 16.7. The summed E-state index contributed by atoms with van der Waals surface area (Å²) in [5.41, 5.74) is 1.21. The zero-order chi connectivity index (χ0) is 19.2. The second-order valence-electron chi connectivity index (χ2n) is 6.66. The average Bonchev–Trinajstić information content (AvgIpc) is 2.60. The number of hydrogen-bond acceptors (Lipinski definition) is 4. The van der Waals surface area contributed by atoms with Gasteiger partial charge in [0.25, 0.3) is 0 Å². The van der Waals surface area contributed by atoms with E-state index in [1.165, 1.54) is 22.2 Å². The molecule has 1 saturated heterocycles. The molecule has 1 aromatic rings. The van der Waals surface area contributed by atoms with E-state index in [0.717, 1.165) is 4.90 Å². The Balaban J connectivity index is 0.00000364. The summed E-state index contributed by atoms with van der Waals surface area (Å²) in [4.78, 5) is 14.3. The summed E-state index contributed by atoms with van der Waals surface area (Å²) in [7, 11) is 0. The number of alkyl halides is 3. The highest BCUT2D eigenvalue weighted by Gasteiger charge is 2.43. The predicted molar refractivity (Wildman–Crippen MR) is 106 cm³/mol. The van der Waals surface area contributed by atoms with Crippen LogP contribution < -0.4 is 10.6 Å². The van der Waals surface area contributed by atoms with E-state index >= 15 is 0 Å². The number of halogens is 4. The van der Waals surface area contributed by atoms with Crippen molar-refractivity contribution in [1.82, 2.24) is 15.5 Å². The van der Waals surface area contributed by atoms with Gasteiger partial charge in [0.05, 0.1) is 5.75 Å². The van der Waals surface area contributed by atoms with Crippen LogP contribution in [-0.4, -0.2) is 61.5 Å². The summed E-state index contributed by atoms with van der Waals surface area (Å²) in [6, 6.07) is 6.26. The van der Waals surface area contributed by atoms with Crippen molar-refractivity contribution in [3.63, 3.8) is 0 Å². The quantitative estimate of drug-likeness (QED) is 0.658. The molecule has 0 saturated carbocycles. The van der Waals surface area contributed by atoms with Gasteiger partial charge in [0, 0.05) is 37.6 Å². The Hall–Kier alpha value is -0.960. The maximum atomic E-state index is 13.3. The Kier molecular flexibility index (Phi) is 9.94. The fraction of sp³-hybridized carbons (Fsp3) is 0.611. The molecular weight excluding hydrogens is 399 g/mol. The van der Waals surface area contributed by atoms with Crippen LogP contribution in [-0.2, 0) is 4.79 Å². The third-order valence-corrected chi connectivity index (χ3v) is 5.39. The first-order chi connectivity index (χ1) is 12.3. The van der Waals surface area contributed by atoms with Gasteiger partial charge in [-0.05, 0) is 23.6 Å². The van der Waals surface area contributed by atoms with E-state index in [0.29, 0.717) is 32.1 Å². The smallest absolute Gasteiger partial charge is 0.353 e. The van der Waals surface area contributed by atoms with Gasteiger partial charge in [-0.3, -0.25) is 9.69 Å². The van der Waals surface area contributed by atoms with Crippen LogP contribution in [0.2, 0.25) is 0 Å². The molecule has 0 aliphatic carbocycles. The molecule has 0 spiro atoms. The first-order valence-corrected chi connectivity index (χ1v) is 9.77. The largest absolute Gasteiger partial charge is 0.405 e. The molecule has 0 bridgehead atoms. The van der Waals surface area contributed by atoms with Crippen molar-refractivity contribution in [3.05, 3.63) is 29.8 Å². The van der Waals surface area contributed by atoms with Gasteiger partial charge < -0.3 is 10.6 Å². The van der Waals surface area contributed by atoms with Crippen LogP contribution >= 0.6 is 24.2 Å². The Morgan fingerprint density at radius 1 is 1.22 bits per heavy atom. The zero-order valence-electron chi connectivity index (χ0n) is 15.5. The van der Waals surface area contributed by atoms with E-state index in [1.807, 2.05) is 24.3 Å². The molecule has 1 aliphatic heterocycles. The van der Waals surface area contributed by atoms with Gasteiger partial charge in [-0.25, -0.2) is 0 Å². The fourth-order valence-corrected chi connectivity index (χ4v) is 3.53. The Morgan fingerprint density at radius 2 is 1.81 bits per heavy atom. The van der Waals surface area contributed by atoms with Crippen molar-refractivity contribution in [2.45, 2.75) is 36.9 Å². The van der Waals surface area contributed by atoms with Gasteiger partial charge in [-0.1, -0.05) is 26.0 Å². The van der Waals surface area contributed by atoms with Crippen LogP contribution in [0, 0.1) is 0 Å². The monoisotopic (exact) mass is 425 g/mol. The van der Waals surface area contributed by atoms with E-state index in [2.05, 4.69) is 24.5 Å². The van der Waals surface area contributed by atoms with Crippen LogP contribution in [0.3, 0.4) is 0 Å². The summed E-state index contributed by atoms with van der Waals surface area (Å²) >= 11 is 1.33. The van der Waals surface area contributed by atoms with E-state index in [9.17, 15) is 18.0 Å². The lowest BCUT2D eigenvalue weighted by molar-refractivity contribution is -0.183. The maximum absolute atomic E-state index is 13.3. The zero-order valence-corrected chi connectivity index (χ0v) is 17.1. The number of benzene rings is 1. The summed E-state index contributed by atoms with van der Waals surface area (Å²) in [6.45, 7) is 5.52. The molecule has 1 amide bonds. The number of carbonyl (C=O) groups excluding carboxylic acids is 1. The van der Waals surface area contributed by atoms with Gasteiger partial charge in [-0.15, -0.1) is 24.2 Å². The van der Waals surface area contributed by atoms with Gasteiger partial charge in [0.2, 0.25) is 5.91 Å². The molecule has 1 fully saturated rings. The molecule has 0 radical (unpaired) electrons. The van der Waals surface area contributed by atoms with Crippen LogP contribution in [0.4, 0.5) is 13.2 Å². The van der Waals surface area contributed by atoms with Crippen molar-refractivity contribution < 1.29 is 18.0 Å². The highest BCUT2D eigenvalue weighted by atomic mass is 35.5. The summed E-state index contributed by atoms with van der Waals surface area (Å²) in [5, 5.41) is 5.48. The third-order valence-electron chi connectivity index (χ3n) is 4.38. The molecule has 154 valence electrons. The van der Waals surface area contributed by atoms with Crippen LogP contribution in [0.25, 0.3) is 0 Å². The van der Waals surface area contributed by atoms with Gasteiger partial charge in [-0.2, -0.15) is 13.2 Å². The van der Waals surface area contributed by atoms with Gasteiger partial charge in [0.15, 0.2) is 0 Å². The van der Waals surface area contributed by atoms with Gasteiger partial charge >= 0.3 is 6.18 Å². The van der Waals surface area contributed by atoms with Crippen molar-refractivity contribution in [3.8, 4) is 0 Å². The minimum atomic E-state index is -4.36. The number of hydrogen-bond donors (Lipinski definition) is 2. The van der Waals surface area contributed by atoms with E-state index in [4.69, 9.17) is 0 Å². The highest BCUT2D eigenvalue weighted by Crippen LogP contribution is 2.25. The third kappa shape index (κ3) is 7.89. The lowest BCUT2D eigenvalue weighted by Crippen LogP contribution is -2.57. The maximum Gasteiger partial charge on any atom is 0.405 e. The molecule has 4 nitrogen and oxygen atoms in total. The second kappa shape index (κ2) is 11.1. The molecule has 1 atom stereocenters. The van der Waals surface area contributed by atoms with E-state index in [1.54, 1.807) is 0 Å². The van der Waals surface area contributed by atoms with Gasteiger partial charge in [0.1, 0.15) is 6.04 Å². The Labute approximate surface area is 169 Å². The number of nitrogens with one attached hydrogen (secondary N) is 2. The number of carbonyl (C=O) groups is 1. The molecule has 9 heteroatoms. The van der Waals surface area contributed by atoms with Crippen molar-refractivity contribution >= 4 is 30.1 Å². The number of thioether (sulfide) groups is 1. The fourth-order valence-electron chi connectivity index (χ4n) is 2.81. The summed E-state index contributed by atoms with van der Waals surface area (Å²) in [5.74, 6) is 0.154. The second-order valence-corrected chi connectivity index (χ2v) is 7.71. The Bertz CT molecular complexity index is 578. The van der Waals surface area contributed by atoms with Crippen LogP contribution in [0.5, 0.6) is 0 Å². The van der Waals surface area contributed by atoms with E-state index in [-0.39, 0.29) is 24.1 Å². The summed E-state index contributed by atoms with van der Waals surface area (Å²) in [6.07, 6.45) is -4.36. The molecule has 1 unspecified atom stereocenters. The van der Waals surface area contributed by atoms with Crippen molar-refractivity contribution in [1.29, 1.82) is 0 Å². The number of piperazine rings is 1. The standard InChI is InChI=1S/C18H26F3N3OS.ClH/c1-13(2)14-3-5-15(6-4-14)26-12-17(25)23-11-16(18(19,20)21)24-9-7-22-8-10-24;/h3-6,13,16,22H,7-12H2,1-2H3,(H,23,25);1H. The number of amides is 1. The highest BCUT2D eigenvalue weighted by molar-refractivity contribution is 8.00. The van der Waals surface area contributed by atoms with Crippen LogP contribution in [0.1, 0.15) is 25.3 Å². The molecule has 1 aliphatic rings. The first kappa shape index (κ1) is 24.1. The lowest BCUT2D eigenvalue weighted by atomic mass is 10.0. The number of nitrogens with zero attached hydrogens (tertiary/aromatic N) is 1. The minimum Gasteiger partial charge on any atom is -0.353 e. The average molecular weight is 426 g/mol. The molecule has 1 heterocycles.